The zero-order valence-electron chi connectivity index (χ0n) is 18.3. The van der Waals surface area contributed by atoms with E-state index < -0.39 is 10.0 Å². The summed E-state index contributed by atoms with van der Waals surface area (Å²) in [5, 5.41) is 0. The van der Waals surface area contributed by atoms with Crippen molar-refractivity contribution in [3.05, 3.63) is 53.6 Å². The molecule has 1 aliphatic heterocycles. The molecular formula is C23H30N2O5S. The maximum Gasteiger partial charge on any atom is 0.257 e. The van der Waals surface area contributed by atoms with Crippen LogP contribution in [0.2, 0.25) is 0 Å². The van der Waals surface area contributed by atoms with E-state index in [9.17, 15) is 13.2 Å². The Balaban J connectivity index is 1.71. The molecule has 1 N–H and O–H groups in total. The van der Waals surface area contributed by atoms with Gasteiger partial charge in [-0.1, -0.05) is 19.1 Å². The molecule has 2 aromatic carbocycles. The predicted molar refractivity (Wildman–Crippen MR) is 119 cm³/mol. The van der Waals surface area contributed by atoms with Gasteiger partial charge in [-0.3, -0.25) is 4.79 Å². The van der Waals surface area contributed by atoms with Crippen LogP contribution < -0.4 is 14.2 Å². The third-order valence-electron chi connectivity index (χ3n) is 5.65. The highest BCUT2D eigenvalue weighted by Gasteiger charge is 2.26. The number of carbonyl (C=O) groups excluding carboxylic acids is 1. The molecule has 0 bridgehead atoms. The normalized spacial score (nSPS) is 15.0. The molecule has 1 heterocycles. The lowest BCUT2D eigenvalue weighted by Gasteiger charge is -2.30. The van der Waals surface area contributed by atoms with Crippen molar-refractivity contribution in [3.8, 4) is 11.5 Å². The van der Waals surface area contributed by atoms with E-state index >= 15 is 0 Å². The molecule has 0 unspecified atom stereocenters. The lowest BCUT2D eigenvalue weighted by Crippen LogP contribution is -2.38. The quantitative estimate of drug-likeness (QED) is 0.674. The number of sulfonamides is 1. The van der Waals surface area contributed by atoms with Crippen LogP contribution in [-0.2, 0) is 16.4 Å². The minimum absolute atomic E-state index is 0.0526. The van der Waals surface area contributed by atoms with Crippen LogP contribution in [0, 0.1) is 5.92 Å². The van der Waals surface area contributed by atoms with E-state index in [2.05, 4.69) is 11.6 Å². The first kappa shape index (κ1) is 23.1. The molecule has 3 rings (SSSR count). The Labute approximate surface area is 184 Å². The van der Waals surface area contributed by atoms with Crippen LogP contribution in [0.1, 0.15) is 35.7 Å². The van der Waals surface area contributed by atoms with Crippen molar-refractivity contribution >= 4 is 15.9 Å². The molecule has 1 saturated heterocycles. The predicted octanol–water partition coefficient (Wildman–Crippen LogP) is 3.10. The van der Waals surface area contributed by atoms with Crippen molar-refractivity contribution in [1.29, 1.82) is 0 Å². The molecule has 1 aliphatic rings. The fourth-order valence-electron chi connectivity index (χ4n) is 3.61. The SMILES string of the molecule is COc1ccc(CCNS(=O)(=O)c2ccc(OC)c(C(=O)N3CCC(C)CC3)c2)cc1. The first-order chi connectivity index (χ1) is 14.8. The Bertz CT molecular complexity index is 997. The molecule has 0 spiro atoms. The van der Waals surface area contributed by atoms with Crippen molar-refractivity contribution in [1.82, 2.24) is 9.62 Å². The average Bonchev–Trinajstić information content (AvgIpc) is 2.79. The van der Waals surface area contributed by atoms with Crippen LogP contribution in [0.25, 0.3) is 0 Å². The molecule has 168 valence electrons. The number of piperidine rings is 1. The van der Waals surface area contributed by atoms with E-state index in [4.69, 9.17) is 9.47 Å². The first-order valence-corrected chi connectivity index (χ1v) is 11.9. The summed E-state index contributed by atoms with van der Waals surface area (Å²) in [6.07, 6.45) is 2.43. The van der Waals surface area contributed by atoms with E-state index in [0.29, 0.717) is 31.2 Å². The number of ether oxygens (including phenoxy) is 2. The largest absolute Gasteiger partial charge is 0.497 e. The van der Waals surface area contributed by atoms with Crippen LogP contribution in [0.15, 0.2) is 47.4 Å². The number of amides is 1. The number of nitrogens with zero attached hydrogens (tertiary/aromatic N) is 1. The Hall–Kier alpha value is -2.58. The second kappa shape index (κ2) is 10.2. The van der Waals surface area contributed by atoms with Gasteiger partial charge in [-0.25, -0.2) is 13.1 Å². The van der Waals surface area contributed by atoms with Crippen molar-refractivity contribution in [2.24, 2.45) is 5.92 Å². The van der Waals surface area contributed by atoms with Gasteiger partial charge in [0.2, 0.25) is 10.0 Å². The van der Waals surface area contributed by atoms with Crippen molar-refractivity contribution in [3.63, 3.8) is 0 Å². The third kappa shape index (κ3) is 5.77. The van der Waals surface area contributed by atoms with Gasteiger partial charge in [0.15, 0.2) is 0 Å². The second-order valence-electron chi connectivity index (χ2n) is 7.83. The number of carbonyl (C=O) groups is 1. The molecule has 8 heteroatoms. The number of hydrogen-bond acceptors (Lipinski definition) is 5. The van der Waals surface area contributed by atoms with Gasteiger partial charge in [0.05, 0.1) is 24.7 Å². The van der Waals surface area contributed by atoms with Crippen LogP contribution in [0.4, 0.5) is 0 Å². The molecule has 0 aliphatic carbocycles. The summed E-state index contributed by atoms with van der Waals surface area (Å²) >= 11 is 0. The third-order valence-corrected chi connectivity index (χ3v) is 7.11. The highest BCUT2D eigenvalue weighted by Crippen LogP contribution is 2.26. The fourth-order valence-corrected chi connectivity index (χ4v) is 4.67. The van der Waals surface area contributed by atoms with Gasteiger partial charge in [0.25, 0.3) is 5.91 Å². The Morgan fingerprint density at radius 1 is 1.06 bits per heavy atom. The highest BCUT2D eigenvalue weighted by atomic mass is 32.2. The van der Waals surface area contributed by atoms with Crippen molar-refractivity contribution < 1.29 is 22.7 Å². The zero-order valence-corrected chi connectivity index (χ0v) is 19.1. The number of rotatable bonds is 8. The Kier molecular flexibility index (Phi) is 7.56. The van der Waals surface area contributed by atoms with Crippen LogP contribution in [0.3, 0.4) is 0 Å². The summed E-state index contributed by atoms with van der Waals surface area (Å²) in [7, 11) is -0.687. The second-order valence-corrected chi connectivity index (χ2v) is 9.60. The molecule has 7 nitrogen and oxygen atoms in total. The maximum atomic E-state index is 13.0. The lowest BCUT2D eigenvalue weighted by molar-refractivity contribution is 0.0693. The topological polar surface area (TPSA) is 84.9 Å². The van der Waals surface area contributed by atoms with Gasteiger partial charge in [-0.05, 0) is 61.1 Å². The van der Waals surface area contributed by atoms with Gasteiger partial charge in [0.1, 0.15) is 11.5 Å². The Morgan fingerprint density at radius 2 is 1.74 bits per heavy atom. The molecule has 0 radical (unpaired) electrons. The van der Waals surface area contributed by atoms with E-state index in [-0.39, 0.29) is 22.9 Å². The lowest BCUT2D eigenvalue weighted by atomic mass is 9.98. The highest BCUT2D eigenvalue weighted by molar-refractivity contribution is 7.89. The number of likely N-dealkylation sites (tertiary alicyclic amines) is 1. The molecule has 31 heavy (non-hydrogen) atoms. The number of benzene rings is 2. The van der Waals surface area contributed by atoms with Gasteiger partial charge >= 0.3 is 0 Å². The van der Waals surface area contributed by atoms with Crippen molar-refractivity contribution in [2.45, 2.75) is 31.1 Å². The number of nitrogens with one attached hydrogen (secondary N) is 1. The minimum Gasteiger partial charge on any atom is -0.497 e. The molecule has 0 saturated carbocycles. The maximum absolute atomic E-state index is 13.0. The van der Waals surface area contributed by atoms with Gasteiger partial charge < -0.3 is 14.4 Å². The molecular weight excluding hydrogens is 416 g/mol. The Morgan fingerprint density at radius 3 is 2.35 bits per heavy atom. The number of hydrogen-bond donors (Lipinski definition) is 1. The van der Waals surface area contributed by atoms with Crippen LogP contribution >= 0.6 is 0 Å². The van der Waals surface area contributed by atoms with E-state index in [0.717, 1.165) is 24.2 Å². The summed E-state index contributed by atoms with van der Waals surface area (Å²) in [6, 6.07) is 11.9. The van der Waals surface area contributed by atoms with Gasteiger partial charge in [-0.2, -0.15) is 0 Å². The monoisotopic (exact) mass is 446 g/mol. The van der Waals surface area contributed by atoms with E-state index in [1.54, 1.807) is 12.0 Å². The van der Waals surface area contributed by atoms with Gasteiger partial charge in [-0.15, -0.1) is 0 Å². The summed E-state index contributed by atoms with van der Waals surface area (Å²) in [5.74, 6) is 1.52. The summed E-state index contributed by atoms with van der Waals surface area (Å²) < 4.78 is 38.7. The molecule has 2 aromatic rings. The standard InChI is InChI=1S/C23H30N2O5S/c1-17-11-14-25(15-12-17)23(26)21-16-20(8-9-22(21)30-3)31(27,28)24-13-10-18-4-6-19(29-2)7-5-18/h4-9,16-17,24H,10-15H2,1-3H3. The first-order valence-electron chi connectivity index (χ1n) is 10.4. The smallest absolute Gasteiger partial charge is 0.257 e. The molecule has 1 amide bonds. The summed E-state index contributed by atoms with van der Waals surface area (Å²) in [4.78, 5) is 14.9. The molecule has 1 fully saturated rings. The van der Waals surface area contributed by atoms with Crippen LogP contribution in [0.5, 0.6) is 11.5 Å². The number of methoxy groups -OCH3 is 2. The summed E-state index contributed by atoms with van der Waals surface area (Å²) in [5.41, 5.74) is 1.27. The van der Waals surface area contributed by atoms with E-state index in [1.807, 2.05) is 24.3 Å². The zero-order chi connectivity index (χ0) is 22.4. The van der Waals surface area contributed by atoms with Crippen molar-refractivity contribution in [2.75, 3.05) is 33.9 Å². The van der Waals surface area contributed by atoms with E-state index in [1.165, 1.54) is 25.3 Å². The molecule has 0 aromatic heterocycles. The minimum atomic E-state index is -3.76. The fraction of sp³-hybridized carbons (Fsp3) is 0.435. The van der Waals surface area contributed by atoms with Crippen LogP contribution in [-0.4, -0.2) is 53.1 Å². The average molecular weight is 447 g/mol. The van der Waals surface area contributed by atoms with Gasteiger partial charge in [0, 0.05) is 19.6 Å². The molecule has 0 atom stereocenters. The summed E-state index contributed by atoms with van der Waals surface area (Å²) in [6.45, 7) is 3.75.